The predicted octanol–water partition coefficient (Wildman–Crippen LogP) is 7.47. The summed E-state index contributed by atoms with van der Waals surface area (Å²) in [5.74, 6) is 0. The monoisotopic (exact) mass is 308 g/mol. The van der Waals surface area contributed by atoms with Gasteiger partial charge in [-0.2, -0.15) is 0 Å². The maximum atomic E-state index is 2.34. The lowest BCUT2D eigenvalue weighted by Crippen LogP contribution is -1.88. The molecule has 23 heavy (non-hydrogen) atoms. The molecule has 0 heteroatoms. The van der Waals surface area contributed by atoms with Gasteiger partial charge in [-0.1, -0.05) is 93.6 Å². The molecule has 0 N–H and O–H groups in total. The topological polar surface area (TPSA) is 0 Å². The minimum Gasteiger partial charge on any atom is -0.0888 e. The third-order valence-corrected chi connectivity index (χ3v) is 4.60. The molecule has 0 nitrogen and oxygen atoms in total. The van der Waals surface area contributed by atoms with Gasteiger partial charge >= 0.3 is 0 Å². The van der Waals surface area contributed by atoms with Crippen molar-refractivity contribution in [1.82, 2.24) is 0 Å². The van der Waals surface area contributed by atoms with E-state index in [-0.39, 0.29) is 0 Å². The van der Waals surface area contributed by atoms with Crippen molar-refractivity contribution in [2.24, 2.45) is 0 Å². The molecule has 0 aliphatic heterocycles. The van der Waals surface area contributed by atoms with E-state index in [4.69, 9.17) is 0 Å². The average Bonchev–Trinajstić information content (AvgIpc) is 2.60. The Hall–Kier alpha value is -1.56. The van der Waals surface area contributed by atoms with E-state index in [1.54, 1.807) is 0 Å². The SMILES string of the molecule is CC/C=C/CCCCCCCCCc1cccc2ccccc12. The molecule has 2 aromatic carbocycles. The van der Waals surface area contributed by atoms with E-state index in [9.17, 15) is 0 Å². The van der Waals surface area contributed by atoms with Crippen molar-refractivity contribution in [1.29, 1.82) is 0 Å². The molecular weight excluding hydrogens is 276 g/mol. The van der Waals surface area contributed by atoms with Crippen LogP contribution in [0.5, 0.6) is 0 Å². The van der Waals surface area contributed by atoms with Crippen molar-refractivity contribution in [3.63, 3.8) is 0 Å². The van der Waals surface area contributed by atoms with Crippen molar-refractivity contribution in [3.8, 4) is 0 Å². The highest BCUT2D eigenvalue weighted by Crippen LogP contribution is 2.20. The highest BCUT2D eigenvalue weighted by atomic mass is 14.0. The van der Waals surface area contributed by atoms with Crippen molar-refractivity contribution in [2.45, 2.75) is 71.1 Å². The summed E-state index contributed by atoms with van der Waals surface area (Å²) in [6, 6.07) is 15.5. The molecule has 0 aromatic heterocycles. The van der Waals surface area contributed by atoms with Crippen molar-refractivity contribution < 1.29 is 0 Å². The molecule has 0 spiro atoms. The number of unbranched alkanes of at least 4 members (excludes halogenated alkanes) is 7. The molecular formula is C23H32. The van der Waals surface area contributed by atoms with E-state index >= 15 is 0 Å². The smallest absolute Gasteiger partial charge is 0.0152 e. The van der Waals surface area contributed by atoms with Crippen LogP contribution in [0.15, 0.2) is 54.6 Å². The summed E-state index contributed by atoms with van der Waals surface area (Å²) in [4.78, 5) is 0. The van der Waals surface area contributed by atoms with E-state index in [0.29, 0.717) is 0 Å². The van der Waals surface area contributed by atoms with Crippen LogP contribution in [0.25, 0.3) is 10.8 Å². The van der Waals surface area contributed by atoms with E-state index in [0.717, 1.165) is 0 Å². The minimum absolute atomic E-state index is 1.18. The van der Waals surface area contributed by atoms with Gasteiger partial charge in [0.25, 0.3) is 0 Å². The lowest BCUT2D eigenvalue weighted by molar-refractivity contribution is 0.581. The Morgan fingerprint density at radius 2 is 1.39 bits per heavy atom. The first-order chi connectivity index (χ1) is 11.4. The largest absolute Gasteiger partial charge is 0.0888 e. The second-order valence-electron chi connectivity index (χ2n) is 6.53. The number of fused-ring (bicyclic) bond motifs is 1. The van der Waals surface area contributed by atoms with Crippen molar-refractivity contribution >= 4 is 10.8 Å². The molecule has 124 valence electrons. The summed E-state index contributed by atoms with van der Waals surface area (Å²) < 4.78 is 0. The Morgan fingerprint density at radius 3 is 2.22 bits per heavy atom. The number of allylic oxidation sites excluding steroid dienone is 2. The highest BCUT2D eigenvalue weighted by Gasteiger charge is 2.00. The minimum atomic E-state index is 1.18. The molecule has 0 amide bonds. The van der Waals surface area contributed by atoms with Gasteiger partial charge in [0.2, 0.25) is 0 Å². The molecule has 0 aliphatic rings. The maximum Gasteiger partial charge on any atom is -0.0152 e. The Kier molecular flexibility index (Phi) is 8.55. The predicted molar refractivity (Wildman–Crippen MR) is 104 cm³/mol. The summed E-state index contributed by atoms with van der Waals surface area (Å²) >= 11 is 0. The fourth-order valence-corrected chi connectivity index (χ4v) is 3.26. The Morgan fingerprint density at radius 1 is 0.696 bits per heavy atom. The van der Waals surface area contributed by atoms with E-state index in [2.05, 4.69) is 61.5 Å². The van der Waals surface area contributed by atoms with Crippen LogP contribution >= 0.6 is 0 Å². The zero-order valence-electron chi connectivity index (χ0n) is 14.8. The van der Waals surface area contributed by atoms with Gasteiger partial charge in [0, 0.05) is 0 Å². The quantitative estimate of drug-likeness (QED) is 0.298. The van der Waals surface area contributed by atoms with Crippen LogP contribution in [0.1, 0.15) is 70.3 Å². The van der Waals surface area contributed by atoms with E-state index < -0.39 is 0 Å². The van der Waals surface area contributed by atoms with Crippen molar-refractivity contribution in [3.05, 3.63) is 60.2 Å². The van der Waals surface area contributed by atoms with Crippen LogP contribution in [0.3, 0.4) is 0 Å². The number of benzene rings is 2. The van der Waals surface area contributed by atoms with Crippen LogP contribution in [-0.4, -0.2) is 0 Å². The molecule has 0 fully saturated rings. The molecule has 0 saturated carbocycles. The van der Waals surface area contributed by atoms with Gasteiger partial charge in [-0.3, -0.25) is 0 Å². The fraction of sp³-hybridized carbons (Fsp3) is 0.478. The lowest BCUT2D eigenvalue weighted by atomic mass is 9.99. The van der Waals surface area contributed by atoms with E-state index in [1.807, 2.05) is 0 Å². The molecule has 0 saturated heterocycles. The molecule has 0 bridgehead atoms. The van der Waals surface area contributed by atoms with Crippen LogP contribution in [0.4, 0.5) is 0 Å². The third kappa shape index (κ3) is 6.60. The van der Waals surface area contributed by atoms with Crippen molar-refractivity contribution in [2.75, 3.05) is 0 Å². The zero-order chi connectivity index (χ0) is 16.2. The van der Waals surface area contributed by atoms with Gasteiger partial charge in [0.1, 0.15) is 0 Å². The van der Waals surface area contributed by atoms with Crippen LogP contribution in [-0.2, 0) is 6.42 Å². The van der Waals surface area contributed by atoms with Gasteiger partial charge in [0.15, 0.2) is 0 Å². The molecule has 0 heterocycles. The fourth-order valence-electron chi connectivity index (χ4n) is 3.26. The lowest BCUT2D eigenvalue weighted by Gasteiger charge is -2.06. The highest BCUT2D eigenvalue weighted by molar-refractivity contribution is 5.85. The first-order valence-corrected chi connectivity index (χ1v) is 9.53. The molecule has 0 aliphatic carbocycles. The van der Waals surface area contributed by atoms with Gasteiger partial charge in [-0.05, 0) is 48.4 Å². The number of rotatable bonds is 11. The maximum absolute atomic E-state index is 2.34. The summed E-state index contributed by atoms with van der Waals surface area (Å²) in [7, 11) is 0. The molecule has 0 atom stereocenters. The Bertz CT molecular complexity index is 574. The van der Waals surface area contributed by atoms with Crippen LogP contribution in [0.2, 0.25) is 0 Å². The molecule has 2 rings (SSSR count). The summed E-state index contributed by atoms with van der Waals surface area (Å²) in [6.07, 6.45) is 18.0. The van der Waals surface area contributed by atoms with Gasteiger partial charge < -0.3 is 0 Å². The summed E-state index contributed by atoms with van der Waals surface area (Å²) in [5.41, 5.74) is 1.52. The second-order valence-corrected chi connectivity index (χ2v) is 6.53. The Labute approximate surface area is 142 Å². The van der Waals surface area contributed by atoms with Crippen LogP contribution < -0.4 is 0 Å². The molecule has 0 unspecified atom stereocenters. The standard InChI is InChI=1S/C23H32/c1-2-3-4-5-6-7-8-9-10-11-12-16-21-18-15-19-22-17-13-14-20-23(21)22/h3-4,13-15,17-20H,2,5-12,16H2,1H3/b4-3+. The third-order valence-electron chi connectivity index (χ3n) is 4.60. The van der Waals surface area contributed by atoms with Gasteiger partial charge in [0.05, 0.1) is 0 Å². The summed E-state index contributed by atoms with van der Waals surface area (Å²) in [6.45, 7) is 2.20. The average molecular weight is 309 g/mol. The first-order valence-electron chi connectivity index (χ1n) is 9.53. The number of hydrogen-bond acceptors (Lipinski definition) is 0. The van der Waals surface area contributed by atoms with Gasteiger partial charge in [-0.15, -0.1) is 0 Å². The first kappa shape index (κ1) is 17.8. The number of aryl methyl sites for hydroxylation is 1. The second kappa shape index (κ2) is 11.0. The zero-order valence-corrected chi connectivity index (χ0v) is 14.8. The molecule has 2 aromatic rings. The van der Waals surface area contributed by atoms with Crippen LogP contribution in [0, 0.1) is 0 Å². The molecule has 0 radical (unpaired) electrons. The summed E-state index contributed by atoms with van der Waals surface area (Å²) in [5, 5.41) is 2.82. The van der Waals surface area contributed by atoms with E-state index in [1.165, 1.54) is 80.5 Å². The normalized spacial score (nSPS) is 11.5. The number of hydrogen-bond donors (Lipinski definition) is 0. The van der Waals surface area contributed by atoms with Gasteiger partial charge in [-0.25, -0.2) is 0 Å². The Balaban J connectivity index is 1.56.